The average Bonchev–Trinajstić information content (AvgIpc) is 3.24. The zero-order valence-corrected chi connectivity index (χ0v) is 15.9. The van der Waals surface area contributed by atoms with Crippen molar-refractivity contribution >= 4 is 29.2 Å². The molecule has 0 N–H and O–H groups in total. The lowest BCUT2D eigenvalue weighted by atomic mass is 9.94. The fourth-order valence-corrected chi connectivity index (χ4v) is 4.73. The van der Waals surface area contributed by atoms with E-state index in [-0.39, 0.29) is 19.3 Å². The van der Waals surface area contributed by atoms with Gasteiger partial charge in [0.25, 0.3) is 0 Å². The Morgan fingerprint density at radius 3 is 2.52 bits per heavy atom. The van der Waals surface area contributed by atoms with Gasteiger partial charge in [-0.05, 0) is 35.4 Å². The van der Waals surface area contributed by atoms with Gasteiger partial charge in [0.05, 0.1) is 12.7 Å². The van der Waals surface area contributed by atoms with Crippen LogP contribution < -0.4 is 0 Å². The topological polar surface area (TPSA) is 60.9 Å². The first-order chi connectivity index (χ1) is 13.1. The van der Waals surface area contributed by atoms with Gasteiger partial charge in [-0.1, -0.05) is 37.3 Å². The van der Waals surface area contributed by atoms with Crippen molar-refractivity contribution in [3.8, 4) is 0 Å². The molecule has 27 heavy (non-hydrogen) atoms. The maximum absolute atomic E-state index is 12.6. The summed E-state index contributed by atoms with van der Waals surface area (Å²) < 4.78 is 0. The number of rotatable bonds is 5. The summed E-state index contributed by atoms with van der Waals surface area (Å²) in [5.41, 5.74) is 2.33. The first-order valence-corrected chi connectivity index (χ1v) is 10.0. The lowest BCUT2D eigenvalue weighted by molar-refractivity contribution is -0.144. The zero-order chi connectivity index (χ0) is 19.0. The molecule has 0 radical (unpaired) electrons. The van der Waals surface area contributed by atoms with Gasteiger partial charge in [0.1, 0.15) is 0 Å². The minimum atomic E-state index is -0.726. The highest BCUT2D eigenvalue weighted by Gasteiger charge is 2.45. The fourth-order valence-electron chi connectivity index (χ4n) is 3.82. The van der Waals surface area contributed by atoms with Gasteiger partial charge in [-0.25, -0.2) is 9.69 Å². The van der Waals surface area contributed by atoms with Crippen molar-refractivity contribution in [3.05, 3.63) is 57.8 Å². The normalized spacial score (nSPS) is 20.5. The second-order valence-corrected chi connectivity index (χ2v) is 7.79. The Hall–Kier alpha value is -2.51. The van der Waals surface area contributed by atoms with Crippen LogP contribution in [0.2, 0.25) is 0 Å². The Bertz CT molecular complexity index is 880. The maximum Gasteiger partial charge on any atom is 0.335 e. The van der Waals surface area contributed by atoms with Crippen LogP contribution in [0.25, 0.3) is 0 Å². The second kappa shape index (κ2) is 7.25. The third kappa shape index (κ3) is 3.07. The molecule has 1 saturated heterocycles. The number of hydrogen-bond acceptors (Lipinski definition) is 5. The van der Waals surface area contributed by atoms with Gasteiger partial charge in [0, 0.05) is 18.0 Å². The molecule has 1 fully saturated rings. The number of nitrogens with zero attached hydrogens (tertiary/aromatic N) is 3. The van der Waals surface area contributed by atoms with E-state index in [1.165, 1.54) is 10.4 Å². The molecule has 0 bridgehead atoms. The Labute approximate surface area is 162 Å². The van der Waals surface area contributed by atoms with Crippen molar-refractivity contribution in [1.29, 1.82) is 0 Å². The molecule has 7 heteroatoms. The van der Waals surface area contributed by atoms with E-state index in [9.17, 15) is 14.4 Å². The molecule has 0 saturated carbocycles. The van der Waals surface area contributed by atoms with Crippen LogP contribution in [0.4, 0.5) is 4.79 Å². The Kier molecular flexibility index (Phi) is 4.80. The predicted octanol–water partition coefficient (Wildman–Crippen LogP) is 2.85. The minimum absolute atomic E-state index is 0.0304. The summed E-state index contributed by atoms with van der Waals surface area (Å²) in [5, 5.41) is 2.09. The first-order valence-electron chi connectivity index (χ1n) is 9.14. The molecule has 2 aliphatic rings. The Morgan fingerprint density at radius 1 is 1.04 bits per heavy atom. The monoisotopic (exact) mass is 383 g/mol. The van der Waals surface area contributed by atoms with Crippen molar-refractivity contribution in [2.75, 3.05) is 19.8 Å². The molecule has 4 amide bonds. The summed E-state index contributed by atoms with van der Waals surface area (Å²) in [6, 6.07) is 11.7. The number of imide groups is 2. The molecular formula is C20H21N3O3S. The first kappa shape index (κ1) is 17.9. The summed E-state index contributed by atoms with van der Waals surface area (Å²) in [4.78, 5) is 42.8. The molecule has 2 aromatic rings. The number of amides is 4. The quantitative estimate of drug-likeness (QED) is 0.588. The molecule has 3 heterocycles. The van der Waals surface area contributed by atoms with Crippen LogP contribution in [-0.4, -0.2) is 52.3 Å². The van der Waals surface area contributed by atoms with E-state index in [0.29, 0.717) is 6.42 Å². The highest BCUT2D eigenvalue weighted by Crippen LogP contribution is 2.38. The summed E-state index contributed by atoms with van der Waals surface area (Å²) in [6.07, 6.45) is 1.51. The molecule has 4 rings (SSSR count). The van der Waals surface area contributed by atoms with E-state index in [1.807, 2.05) is 25.1 Å². The molecule has 0 unspecified atom stereocenters. The number of thiophene rings is 1. The van der Waals surface area contributed by atoms with Gasteiger partial charge < -0.3 is 0 Å². The van der Waals surface area contributed by atoms with E-state index in [4.69, 9.17) is 0 Å². The van der Waals surface area contributed by atoms with E-state index < -0.39 is 17.8 Å². The molecule has 0 spiro atoms. The van der Waals surface area contributed by atoms with Crippen LogP contribution in [0.5, 0.6) is 0 Å². The van der Waals surface area contributed by atoms with Crippen molar-refractivity contribution in [1.82, 2.24) is 14.7 Å². The summed E-state index contributed by atoms with van der Waals surface area (Å²) in [5.74, 6) is -1.44. The Morgan fingerprint density at radius 2 is 1.78 bits per heavy atom. The van der Waals surface area contributed by atoms with Crippen LogP contribution in [0.15, 0.2) is 41.8 Å². The van der Waals surface area contributed by atoms with Crippen molar-refractivity contribution in [2.24, 2.45) is 0 Å². The largest absolute Gasteiger partial charge is 0.335 e. The van der Waals surface area contributed by atoms with Gasteiger partial charge in [0.15, 0.2) is 0 Å². The second-order valence-electron chi connectivity index (χ2n) is 6.79. The van der Waals surface area contributed by atoms with Gasteiger partial charge >= 0.3 is 17.8 Å². The lowest BCUT2D eigenvalue weighted by Gasteiger charge is -2.37. The Balaban J connectivity index is 1.64. The SMILES string of the molecule is CCCN1C(=O)C(=O)N(CN2CCc3sccc3[C@@H]2c2ccccc2)C1=O. The van der Waals surface area contributed by atoms with Gasteiger partial charge in [-0.15, -0.1) is 11.3 Å². The number of fused-ring (bicyclic) bond motifs is 1. The van der Waals surface area contributed by atoms with E-state index in [1.54, 1.807) is 11.3 Å². The molecule has 1 aromatic carbocycles. The third-order valence-electron chi connectivity index (χ3n) is 5.09. The van der Waals surface area contributed by atoms with Crippen LogP contribution in [-0.2, 0) is 16.0 Å². The molecule has 2 aliphatic heterocycles. The molecule has 140 valence electrons. The molecule has 6 nitrogen and oxygen atoms in total. The van der Waals surface area contributed by atoms with Gasteiger partial charge in [-0.2, -0.15) is 0 Å². The van der Waals surface area contributed by atoms with E-state index in [2.05, 4.69) is 28.5 Å². The van der Waals surface area contributed by atoms with E-state index in [0.717, 1.165) is 28.3 Å². The molecular weight excluding hydrogens is 362 g/mol. The zero-order valence-electron chi connectivity index (χ0n) is 15.1. The van der Waals surface area contributed by atoms with Crippen LogP contribution in [0.3, 0.4) is 0 Å². The summed E-state index contributed by atoms with van der Waals surface area (Å²) in [7, 11) is 0. The van der Waals surface area contributed by atoms with Crippen LogP contribution >= 0.6 is 11.3 Å². The maximum atomic E-state index is 12.6. The van der Waals surface area contributed by atoms with E-state index >= 15 is 0 Å². The third-order valence-corrected chi connectivity index (χ3v) is 6.08. The fraction of sp³-hybridized carbons (Fsp3) is 0.350. The number of hydrogen-bond donors (Lipinski definition) is 0. The standard InChI is InChI=1S/C20H21N3O3S/c1-2-10-22-18(24)19(25)23(20(22)26)13-21-11-8-16-15(9-12-27-16)17(21)14-6-4-3-5-7-14/h3-7,9,12,17H,2,8,10-11,13H2,1H3/t17-/m0/s1. The molecule has 1 aromatic heterocycles. The molecule has 1 atom stereocenters. The number of carbonyl (C=O) groups excluding carboxylic acids is 3. The van der Waals surface area contributed by atoms with Crippen molar-refractivity contribution in [2.45, 2.75) is 25.8 Å². The average molecular weight is 383 g/mol. The lowest BCUT2D eigenvalue weighted by Crippen LogP contribution is -2.46. The highest BCUT2D eigenvalue weighted by molar-refractivity contribution is 7.10. The predicted molar refractivity (Wildman–Crippen MR) is 102 cm³/mol. The number of urea groups is 1. The number of carbonyl (C=O) groups is 3. The van der Waals surface area contributed by atoms with Crippen molar-refractivity contribution in [3.63, 3.8) is 0 Å². The minimum Gasteiger partial charge on any atom is -0.274 e. The molecule has 0 aliphatic carbocycles. The smallest absolute Gasteiger partial charge is 0.274 e. The van der Waals surface area contributed by atoms with Crippen LogP contribution in [0.1, 0.15) is 35.4 Å². The summed E-state index contributed by atoms with van der Waals surface area (Å²) in [6.45, 7) is 3.00. The van der Waals surface area contributed by atoms with Crippen LogP contribution in [0, 0.1) is 0 Å². The van der Waals surface area contributed by atoms with Crippen molar-refractivity contribution < 1.29 is 14.4 Å². The highest BCUT2D eigenvalue weighted by atomic mass is 32.1. The van der Waals surface area contributed by atoms with Gasteiger partial charge in [0.2, 0.25) is 0 Å². The van der Waals surface area contributed by atoms with Gasteiger partial charge in [-0.3, -0.25) is 19.4 Å². The summed E-state index contributed by atoms with van der Waals surface area (Å²) >= 11 is 1.74. The number of benzene rings is 1.